The Kier molecular flexibility index (Phi) is 5.75. The molecule has 5 unspecified atom stereocenters. The second-order valence-electron chi connectivity index (χ2n) is 6.54. The van der Waals surface area contributed by atoms with Crippen molar-refractivity contribution in [3.8, 4) is 0 Å². The predicted molar refractivity (Wildman–Crippen MR) is 76.0 cm³/mol. The molecule has 2 fully saturated rings. The maximum Gasteiger partial charge on any atom is 0.250 e. The molecule has 2 rings (SSSR count). The van der Waals surface area contributed by atoms with E-state index in [1.807, 2.05) is 6.92 Å². The third kappa shape index (κ3) is 3.89. The molecule has 1 saturated carbocycles. The number of halogens is 2. The maximum atomic E-state index is 12.4. The van der Waals surface area contributed by atoms with Crippen molar-refractivity contribution in [1.82, 2.24) is 10.2 Å². The van der Waals surface area contributed by atoms with Gasteiger partial charge in [0.15, 0.2) is 0 Å². The number of hydrogen-bond donors (Lipinski definition) is 2. The fourth-order valence-electron chi connectivity index (χ4n) is 3.65. The Labute approximate surface area is 120 Å². The van der Waals surface area contributed by atoms with E-state index in [1.54, 1.807) is 0 Å². The molecule has 0 radical (unpaired) electrons. The van der Waals surface area contributed by atoms with Crippen LogP contribution >= 0.6 is 0 Å². The molecule has 2 N–H and O–H groups in total. The first-order valence-corrected chi connectivity index (χ1v) is 7.94. The number of rotatable bonds is 6. The number of alkyl halides is 2. The third-order valence-electron chi connectivity index (χ3n) is 5.08. The summed E-state index contributed by atoms with van der Waals surface area (Å²) in [7, 11) is 0. The van der Waals surface area contributed by atoms with E-state index in [9.17, 15) is 13.9 Å². The van der Waals surface area contributed by atoms with Gasteiger partial charge in [0.25, 0.3) is 6.43 Å². The second-order valence-corrected chi connectivity index (χ2v) is 6.54. The Bertz CT molecular complexity index is 304. The minimum Gasteiger partial charge on any atom is -0.393 e. The summed E-state index contributed by atoms with van der Waals surface area (Å²) in [5, 5.41) is 13.1. The van der Waals surface area contributed by atoms with Gasteiger partial charge >= 0.3 is 0 Å². The topological polar surface area (TPSA) is 35.5 Å². The normalized spacial score (nSPS) is 36.9. The summed E-state index contributed by atoms with van der Waals surface area (Å²) in [4.78, 5) is 2.42. The summed E-state index contributed by atoms with van der Waals surface area (Å²) in [5.41, 5.74) is 0. The van der Waals surface area contributed by atoms with E-state index in [2.05, 4.69) is 17.1 Å². The molecule has 20 heavy (non-hydrogen) atoms. The zero-order valence-corrected chi connectivity index (χ0v) is 12.6. The van der Waals surface area contributed by atoms with Crippen LogP contribution in [0.4, 0.5) is 8.78 Å². The fourth-order valence-corrected chi connectivity index (χ4v) is 3.65. The summed E-state index contributed by atoms with van der Waals surface area (Å²) < 4.78 is 24.8. The van der Waals surface area contributed by atoms with Gasteiger partial charge in [0.2, 0.25) is 0 Å². The summed E-state index contributed by atoms with van der Waals surface area (Å²) in [5.74, 6) is 0.903. The summed E-state index contributed by atoms with van der Waals surface area (Å²) in [6, 6.07) is 0.662. The lowest BCUT2D eigenvalue weighted by molar-refractivity contribution is -0.0180. The van der Waals surface area contributed by atoms with Crippen LogP contribution in [0.5, 0.6) is 0 Å². The highest BCUT2D eigenvalue weighted by atomic mass is 19.3. The van der Waals surface area contributed by atoms with Crippen molar-refractivity contribution in [2.45, 2.75) is 64.1 Å². The Hall–Kier alpha value is -0.260. The van der Waals surface area contributed by atoms with Crippen LogP contribution in [0.2, 0.25) is 0 Å². The summed E-state index contributed by atoms with van der Waals surface area (Å²) in [6.45, 7) is 5.76. The molecule has 1 saturated heterocycles. The first-order valence-electron chi connectivity index (χ1n) is 7.94. The monoisotopic (exact) mass is 290 g/mol. The van der Waals surface area contributed by atoms with Crippen LogP contribution in [0.1, 0.15) is 39.5 Å². The van der Waals surface area contributed by atoms with Crippen LogP contribution in [-0.4, -0.2) is 54.3 Å². The lowest BCUT2D eigenvalue weighted by atomic mass is 9.77. The van der Waals surface area contributed by atoms with E-state index in [0.29, 0.717) is 12.0 Å². The summed E-state index contributed by atoms with van der Waals surface area (Å²) in [6.07, 6.45) is 1.39. The predicted octanol–water partition coefficient (Wildman–Crippen LogP) is 2.10. The average Bonchev–Trinajstić information content (AvgIpc) is 2.42. The first kappa shape index (κ1) is 16.1. The van der Waals surface area contributed by atoms with Gasteiger partial charge in [-0.2, -0.15) is 0 Å². The van der Waals surface area contributed by atoms with Crippen LogP contribution in [-0.2, 0) is 0 Å². The molecule has 0 amide bonds. The highest BCUT2D eigenvalue weighted by Crippen LogP contribution is 2.35. The molecular formula is C15H28F2N2O. The van der Waals surface area contributed by atoms with Crippen molar-refractivity contribution in [3.05, 3.63) is 0 Å². The van der Waals surface area contributed by atoms with E-state index < -0.39 is 6.43 Å². The van der Waals surface area contributed by atoms with E-state index in [1.165, 1.54) is 12.8 Å². The maximum absolute atomic E-state index is 12.4. The fraction of sp³-hybridized carbons (Fsp3) is 1.00. The molecule has 1 aliphatic carbocycles. The van der Waals surface area contributed by atoms with Gasteiger partial charge in [-0.25, -0.2) is 8.78 Å². The minimum atomic E-state index is -2.30. The molecule has 0 bridgehead atoms. The molecule has 1 heterocycles. The number of aliphatic hydroxyl groups is 1. The van der Waals surface area contributed by atoms with E-state index in [-0.39, 0.29) is 24.6 Å². The van der Waals surface area contributed by atoms with Crippen molar-refractivity contribution in [2.24, 2.45) is 11.8 Å². The molecule has 3 nitrogen and oxygen atoms in total. The number of piperidine rings is 1. The average molecular weight is 290 g/mol. The molecule has 0 aromatic carbocycles. The smallest absolute Gasteiger partial charge is 0.250 e. The number of likely N-dealkylation sites (tertiary alicyclic amines) is 1. The molecular weight excluding hydrogens is 262 g/mol. The highest BCUT2D eigenvalue weighted by Gasteiger charge is 2.38. The first-order chi connectivity index (χ1) is 9.51. The van der Waals surface area contributed by atoms with Crippen molar-refractivity contribution in [3.63, 3.8) is 0 Å². The van der Waals surface area contributed by atoms with Gasteiger partial charge < -0.3 is 10.4 Å². The van der Waals surface area contributed by atoms with Crippen molar-refractivity contribution in [1.29, 1.82) is 0 Å². The number of nitrogens with one attached hydrogen (secondary N) is 1. The van der Waals surface area contributed by atoms with Crippen molar-refractivity contribution >= 4 is 0 Å². The molecule has 5 atom stereocenters. The van der Waals surface area contributed by atoms with Crippen LogP contribution in [0, 0.1) is 11.8 Å². The van der Waals surface area contributed by atoms with Gasteiger partial charge in [-0.05, 0) is 37.5 Å². The van der Waals surface area contributed by atoms with Gasteiger partial charge in [0.05, 0.1) is 12.6 Å². The van der Waals surface area contributed by atoms with Crippen molar-refractivity contribution in [2.75, 3.05) is 19.6 Å². The van der Waals surface area contributed by atoms with Gasteiger partial charge in [-0.3, -0.25) is 4.90 Å². The molecule has 1 aliphatic heterocycles. The second kappa shape index (κ2) is 7.14. The van der Waals surface area contributed by atoms with Gasteiger partial charge in [0, 0.05) is 25.2 Å². The van der Waals surface area contributed by atoms with E-state index in [0.717, 1.165) is 25.9 Å². The molecule has 2 aliphatic rings. The van der Waals surface area contributed by atoms with Crippen LogP contribution in [0.25, 0.3) is 0 Å². The van der Waals surface area contributed by atoms with Crippen LogP contribution in [0.15, 0.2) is 0 Å². The number of nitrogens with zero attached hydrogens (tertiary/aromatic N) is 1. The number of aliphatic hydroxyl groups excluding tert-OH is 1. The Morgan fingerprint density at radius 1 is 1.30 bits per heavy atom. The van der Waals surface area contributed by atoms with Crippen LogP contribution in [0.3, 0.4) is 0 Å². The SMILES string of the molecule is CCC(O)C1CC(NCC(F)F)CN(C2CCC2C)C1. The lowest BCUT2D eigenvalue weighted by Crippen LogP contribution is -2.58. The van der Waals surface area contributed by atoms with Crippen molar-refractivity contribution < 1.29 is 13.9 Å². The molecule has 0 aromatic rings. The largest absolute Gasteiger partial charge is 0.393 e. The zero-order valence-electron chi connectivity index (χ0n) is 12.6. The van der Waals surface area contributed by atoms with Crippen LogP contribution < -0.4 is 5.32 Å². The molecule has 0 spiro atoms. The Balaban J connectivity index is 1.94. The quantitative estimate of drug-likeness (QED) is 0.786. The molecule has 0 aromatic heterocycles. The van der Waals surface area contributed by atoms with E-state index in [4.69, 9.17) is 0 Å². The molecule has 5 heteroatoms. The minimum absolute atomic E-state index is 0.0803. The zero-order chi connectivity index (χ0) is 14.7. The van der Waals surface area contributed by atoms with Gasteiger partial charge in [-0.15, -0.1) is 0 Å². The van der Waals surface area contributed by atoms with E-state index >= 15 is 0 Å². The molecule has 118 valence electrons. The number of hydrogen-bond acceptors (Lipinski definition) is 3. The Morgan fingerprint density at radius 3 is 2.55 bits per heavy atom. The van der Waals surface area contributed by atoms with Gasteiger partial charge in [0.1, 0.15) is 0 Å². The summed E-state index contributed by atoms with van der Waals surface area (Å²) >= 11 is 0. The third-order valence-corrected chi connectivity index (χ3v) is 5.08. The lowest BCUT2D eigenvalue weighted by Gasteiger charge is -2.49. The standard InChI is InChI=1S/C15H28F2N2O/c1-3-14(20)11-6-12(18-7-15(16)17)9-19(8-11)13-5-4-10(13)2/h10-15,18,20H,3-9H2,1-2H3. The highest BCUT2D eigenvalue weighted by molar-refractivity contribution is 4.94. The van der Waals surface area contributed by atoms with Gasteiger partial charge in [-0.1, -0.05) is 13.8 Å². The Morgan fingerprint density at radius 2 is 2.05 bits per heavy atom.